The molecule has 0 aliphatic carbocycles. The maximum absolute atomic E-state index is 12.5. The van der Waals surface area contributed by atoms with Crippen LogP contribution in [0.1, 0.15) is 23.6 Å². The monoisotopic (exact) mass is 334 g/mol. The van der Waals surface area contributed by atoms with Crippen LogP contribution in [0.4, 0.5) is 0 Å². The number of aromatic nitrogens is 2. The van der Waals surface area contributed by atoms with Gasteiger partial charge in [0.2, 0.25) is 5.91 Å². The average Bonchev–Trinajstić information content (AvgIpc) is 2.91. The lowest BCUT2D eigenvalue weighted by Crippen LogP contribution is -2.37. The van der Waals surface area contributed by atoms with E-state index >= 15 is 0 Å². The number of halogens is 1. The number of hydrogen-bond acceptors (Lipinski definition) is 3. The van der Waals surface area contributed by atoms with E-state index in [2.05, 4.69) is 10.4 Å². The molecule has 0 saturated heterocycles. The van der Waals surface area contributed by atoms with Crippen LogP contribution in [0, 0.1) is 6.92 Å². The fourth-order valence-corrected chi connectivity index (χ4v) is 2.60. The van der Waals surface area contributed by atoms with Gasteiger partial charge in [0.1, 0.15) is 6.04 Å². The van der Waals surface area contributed by atoms with Crippen molar-refractivity contribution in [1.29, 1.82) is 0 Å². The normalized spacial score (nSPS) is 12.4. The number of benzene rings is 1. The van der Waals surface area contributed by atoms with E-state index in [0.717, 1.165) is 18.5 Å². The molecule has 1 amide bonds. The van der Waals surface area contributed by atoms with Gasteiger partial charge in [0.05, 0.1) is 11.2 Å². The molecule has 0 saturated carbocycles. The number of nitrogens with zero attached hydrogens (tertiary/aromatic N) is 3. The molecule has 0 aliphatic rings. The number of amides is 1. The standard InChI is InChI=1S/C17H23ClN4O/c1-13-5-7-14(8-6-13)16(21(2)3)17(23)19-9-4-10-22-12-15(18)11-20-22/h5-8,11-12,16H,4,9-10H2,1-3H3,(H,19,23)/t16-/m0/s1. The number of rotatable bonds is 7. The van der Waals surface area contributed by atoms with Gasteiger partial charge in [-0.1, -0.05) is 41.4 Å². The summed E-state index contributed by atoms with van der Waals surface area (Å²) in [5.74, 6) is 0.0114. The number of hydrogen-bond donors (Lipinski definition) is 1. The minimum atomic E-state index is -0.283. The first-order chi connectivity index (χ1) is 11.0. The summed E-state index contributed by atoms with van der Waals surface area (Å²) < 4.78 is 1.78. The minimum absolute atomic E-state index is 0.0114. The number of aryl methyl sites for hydroxylation is 2. The molecule has 2 rings (SSSR count). The molecule has 0 bridgehead atoms. The third-order valence-corrected chi connectivity index (χ3v) is 3.82. The summed E-state index contributed by atoms with van der Waals surface area (Å²) in [5.41, 5.74) is 2.18. The molecular weight excluding hydrogens is 312 g/mol. The molecule has 0 unspecified atom stereocenters. The highest BCUT2D eigenvalue weighted by atomic mass is 35.5. The van der Waals surface area contributed by atoms with Gasteiger partial charge >= 0.3 is 0 Å². The van der Waals surface area contributed by atoms with Crippen molar-refractivity contribution in [3.8, 4) is 0 Å². The molecule has 0 fully saturated rings. The second kappa shape index (κ2) is 8.13. The molecule has 0 aliphatic heterocycles. The lowest BCUT2D eigenvalue weighted by Gasteiger charge is -2.24. The molecule has 5 nitrogen and oxygen atoms in total. The third kappa shape index (κ3) is 5.08. The van der Waals surface area contributed by atoms with Gasteiger partial charge in [0.25, 0.3) is 0 Å². The zero-order valence-corrected chi connectivity index (χ0v) is 14.5. The van der Waals surface area contributed by atoms with Gasteiger partial charge in [-0.05, 0) is 33.0 Å². The number of likely N-dealkylation sites (N-methyl/N-ethyl adjacent to an activating group) is 1. The fourth-order valence-electron chi connectivity index (χ4n) is 2.44. The van der Waals surface area contributed by atoms with Crippen molar-refractivity contribution in [1.82, 2.24) is 20.0 Å². The predicted molar refractivity (Wildman–Crippen MR) is 92.5 cm³/mol. The summed E-state index contributed by atoms with van der Waals surface area (Å²) in [6, 6.07) is 7.78. The largest absolute Gasteiger partial charge is 0.354 e. The zero-order valence-electron chi connectivity index (χ0n) is 13.8. The molecule has 1 heterocycles. The predicted octanol–water partition coefficient (Wildman–Crippen LogP) is 2.65. The molecule has 6 heteroatoms. The Morgan fingerprint density at radius 3 is 2.61 bits per heavy atom. The van der Waals surface area contributed by atoms with E-state index in [1.807, 2.05) is 50.2 Å². The average molecular weight is 335 g/mol. The van der Waals surface area contributed by atoms with Crippen LogP contribution >= 0.6 is 11.6 Å². The van der Waals surface area contributed by atoms with E-state index in [4.69, 9.17) is 11.6 Å². The Morgan fingerprint density at radius 1 is 1.35 bits per heavy atom. The summed E-state index contributed by atoms with van der Waals surface area (Å²) in [6.45, 7) is 3.37. The lowest BCUT2D eigenvalue weighted by atomic mass is 10.0. The smallest absolute Gasteiger partial charge is 0.241 e. The number of nitrogens with one attached hydrogen (secondary N) is 1. The van der Waals surface area contributed by atoms with Crippen LogP contribution in [0.3, 0.4) is 0 Å². The highest BCUT2D eigenvalue weighted by Crippen LogP contribution is 2.19. The molecular formula is C17H23ClN4O. The van der Waals surface area contributed by atoms with Gasteiger partial charge in [-0.2, -0.15) is 5.10 Å². The Balaban J connectivity index is 1.87. The maximum Gasteiger partial charge on any atom is 0.241 e. The summed E-state index contributed by atoms with van der Waals surface area (Å²) in [4.78, 5) is 14.4. The number of carbonyl (C=O) groups is 1. The van der Waals surface area contributed by atoms with Crippen LogP contribution in [0.2, 0.25) is 5.02 Å². The van der Waals surface area contributed by atoms with Gasteiger partial charge in [0, 0.05) is 19.3 Å². The zero-order chi connectivity index (χ0) is 16.8. The lowest BCUT2D eigenvalue weighted by molar-refractivity contribution is -0.125. The van der Waals surface area contributed by atoms with Crippen LogP contribution in [-0.2, 0) is 11.3 Å². The van der Waals surface area contributed by atoms with Crippen molar-refractivity contribution in [3.63, 3.8) is 0 Å². The van der Waals surface area contributed by atoms with E-state index in [-0.39, 0.29) is 11.9 Å². The molecule has 1 aromatic carbocycles. The van der Waals surface area contributed by atoms with Gasteiger partial charge in [-0.3, -0.25) is 14.4 Å². The topological polar surface area (TPSA) is 50.2 Å². The highest BCUT2D eigenvalue weighted by Gasteiger charge is 2.22. The SMILES string of the molecule is Cc1ccc([C@@H](C(=O)NCCCn2cc(Cl)cn2)N(C)C)cc1. The fraction of sp³-hybridized carbons (Fsp3) is 0.412. The van der Waals surface area contributed by atoms with Crippen LogP contribution in [0.5, 0.6) is 0 Å². The Bertz CT molecular complexity index is 636. The van der Waals surface area contributed by atoms with Crippen molar-refractivity contribution in [2.75, 3.05) is 20.6 Å². The molecule has 1 N–H and O–H groups in total. The molecule has 124 valence electrons. The first kappa shape index (κ1) is 17.5. The molecule has 1 aromatic heterocycles. The Hall–Kier alpha value is -1.85. The van der Waals surface area contributed by atoms with Crippen molar-refractivity contribution in [2.45, 2.75) is 25.9 Å². The first-order valence-electron chi connectivity index (χ1n) is 7.66. The van der Waals surface area contributed by atoms with Crippen LogP contribution in [0.15, 0.2) is 36.7 Å². The van der Waals surface area contributed by atoms with Gasteiger partial charge in [0.15, 0.2) is 0 Å². The van der Waals surface area contributed by atoms with Crippen molar-refractivity contribution >= 4 is 17.5 Å². The van der Waals surface area contributed by atoms with Crippen molar-refractivity contribution < 1.29 is 4.79 Å². The molecule has 2 aromatic rings. The quantitative estimate of drug-likeness (QED) is 0.792. The first-order valence-corrected chi connectivity index (χ1v) is 8.04. The number of carbonyl (C=O) groups excluding carboxylic acids is 1. The summed E-state index contributed by atoms with van der Waals surface area (Å²) in [6.07, 6.45) is 4.19. The Labute approximate surface area is 142 Å². The van der Waals surface area contributed by atoms with Crippen LogP contribution in [0.25, 0.3) is 0 Å². The maximum atomic E-state index is 12.5. The third-order valence-electron chi connectivity index (χ3n) is 3.62. The molecule has 1 atom stereocenters. The summed E-state index contributed by atoms with van der Waals surface area (Å²) >= 11 is 5.82. The Morgan fingerprint density at radius 2 is 2.04 bits per heavy atom. The summed E-state index contributed by atoms with van der Waals surface area (Å²) in [7, 11) is 3.83. The van der Waals surface area contributed by atoms with Crippen molar-refractivity contribution in [2.24, 2.45) is 0 Å². The van der Waals surface area contributed by atoms with E-state index in [1.54, 1.807) is 17.1 Å². The molecule has 23 heavy (non-hydrogen) atoms. The Kier molecular flexibility index (Phi) is 6.19. The molecule has 0 spiro atoms. The van der Waals surface area contributed by atoms with Crippen LogP contribution in [-0.4, -0.2) is 41.2 Å². The van der Waals surface area contributed by atoms with E-state index < -0.39 is 0 Å². The minimum Gasteiger partial charge on any atom is -0.354 e. The second-order valence-corrected chi connectivity index (χ2v) is 6.28. The summed E-state index contributed by atoms with van der Waals surface area (Å²) in [5, 5.41) is 7.74. The molecule has 0 radical (unpaired) electrons. The van der Waals surface area contributed by atoms with E-state index in [0.29, 0.717) is 11.6 Å². The van der Waals surface area contributed by atoms with Gasteiger partial charge in [-0.15, -0.1) is 0 Å². The van der Waals surface area contributed by atoms with Gasteiger partial charge in [-0.25, -0.2) is 0 Å². The van der Waals surface area contributed by atoms with Crippen LogP contribution < -0.4 is 5.32 Å². The highest BCUT2D eigenvalue weighted by molar-refractivity contribution is 6.30. The van der Waals surface area contributed by atoms with E-state index in [9.17, 15) is 4.79 Å². The second-order valence-electron chi connectivity index (χ2n) is 5.84. The van der Waals surface area contributed by atoms with Gasteiger partial charge < -0.3 is 5.32 Å². The van der Waals surface area contributed by atoms with Crippen molar-refractivity contribution in [3.05, 3.63) is 52.8 Å². The van der Waals surface area contributed by atoms with E-state index in [1.165, 1.54) is 5.56 Å².